The second-order valence-electron chi connectivity index (χ2n) is 6.25. The van der Waals surface area contributed by atoms with E-state index >= 15 is 0 Å². The largest absolute Gasteiger partial charge is 0.376 e. The van der Waals surface area contributed by atoms with Crippen molar-refractivity contribution in [3.63, 3.8) is 0 Å². The van der Waals surface area contributed by atoms with E-state index in [0.29, 0.717) is 10.9 Å². The molecule has 0 radical (unpaired) electrons. The molecule has 5 heteroatoms. The van der Waals surface area contributed by atoms with Gasteiger partial charge < -0.3 is 21.5 Å². The Morgan fingerprint density at radius 1 is 1.23 bits per heavy atom. The number of halogens is 1. The highest BCUT2D eigenvalue weighted by molar-refractivity contribution is 6.33. The number of benzene rings is 1. The van der Waals surface area contributed by atoms with Crippen molar-refractivity contribution in [2.75, 3.05) is 12.4 Å². The highest BCUT2D eigenvalue weighted by atomic mass is 35.5. The van der Waals surface area contributed by atoms with E-state index < -0.39 is 0 Å². The Balaban J connectivity index is 1.92. The number of anilines is 1. The normalized spacial score (nSPS) is 20.4. The van der Waals surface area contributed by atoms with Gasteiger partial charge in [-0.15, -0.1) is 0 Å². The Morgan fingerprint density at radius 3 is 2.55 bits per heavy atom. The lowest BCUT2D eigenvalue weighted by Crippen LogP contribution is -2.52. The first-order valence-corrected chi connectivity index (χ1v) is 8.54. The Labute approximate surface area is 138 Å². The molecule has 1 aromatic carbocycles. The molecule has 124 valence electrons. The number of nitrogens with one attached hydrogen (secondary N) is 1. The van der Waals surface area contributed by atoms with E-state index in [1.807, 2.05) is 24.3 Å². The SMILES string of the molecule is COC(C(N)Nc1ccccc1Cl)[C@H](N)CC1CCCCC1. The molecule has 1 aromatic rings. The Hall–Kier alpha value is -0.810. The standard InChI is InChI=1S/C17H28ClN3O/c1-22-16(14(19)11-12-7-3-2-4-8-12)17(20)21-15-10-6-5-9-13(15)18/h5-6,9-10,12,14,16-17,21H,2-4,7-8,11,19-20H2,1H3/t14-,16?,17?/m1/s1. The summed E-state index contributed by atoms with van der Waals surface area (Å²) < 4.78 is 5.57. The van der Waals surface area contributed by atoms with Crippen molar-refractivity contribution in [2.45, 2.75) is 56.8 Å². The summed E-state index contributed by atoms with van der Waals surface area (Å²) in [5.74, 6) is 0.703. The lowest BCUT2D eigenvalue weighted by molar-refractivity contribution is 0.0564. The van der Waals surface area contributed by atoms with E-state index in [2.05, 4.69) is 5.32 Å². The molecule has 0 amide bonds. The molecular weight excluding hydrogens is 298 g/mol. The van der Waals surface area contributed by atoms with Crippen LogP contribution in [0.1, 0.15) is 38.5 Å². The van der Waals surface area contributed by atoms with Crippen molar-refractivity contribution in [3.05, 3.63) is 29.3 Å². The first-order valence-electron chi connectivity index (χ1n) is 8.17. The van der Waals surface area contributed by atoms with Crippen LogP contribution in [0.25, 0.3) is 0 Å². The molecule has 0 heterocycles. The van der Waals surface area contributed by atoms with Crippen LogP contribution in [0.3, 0.4) is 0 Å². The van der Waals surface area contributed by atoms with Crippen LogP contribution in [-0.2, 0) is 4.74 Å². The summed E-state index contributed by atoms with van der Waals surface area (Å²) >= 11 is 6.16. The number of nitrogens with two attached hydrogens (primary N) is 2. The fourth-order valence-corrected chi connectivity index (χ4v) is 3.56. The van der Waals surface area contributed by atoms with E-state index in [4.69, 9.17) is 27.8 Å². The zero-order valence-electron chi connectivity index (χ0n) is 13.3. The fourth-order valence-electron chi connectivity index (χ4n) is 3.37. The summed E-state index contributed by atoms with van der Waals surface area (Å²) in [5, 5.41) is 3.87. The molecule has 4 nitrogen and oxygen atoms in total. The average Bonchev–Trinajstić information content (AvgIpc) is 2.51. The van der Waals surface area contributed by atoms with Gasteiger partial charge in [0, 0.05) is 13.2 Å². The second kappa shape index (κ2) is 8.73. The molecule has 1 fully saturated rings. The predicted octanol–water partition coefficient (Wildman–Crippen LogP) is 3.35. The number of methoxy groups -OCH3 is 1. The van der Waals surface area contributed by atoms with Crippen LogP contribution in [0.15, 0.2) is 24.3 Å². The van der Waals surface area contributed by atoms with Crippen LogP contribution in [0.2, 0.25) is 5.02 Å². The monoisotopic (exact) mass is 325 g/mol. The lowest BCUT2D eigenvalue weighted by Gasteiger charge is -2.32. The van der Waals surface area contributed by atoms with Crippen molar-refractivity contribution in [3.8, 4) is 0 Å². The van der Waals surface area contributed by atoms with E-state index in [1.165, 1.54) is 32.1 Å². The molecule has 2 unspecified atom stereocenters. The van der Waals surface area contributed by atoms with E-state index in [9.17, 15) is 0 Å². The minimum Gasteiger partial charge on any atom is -0.376 e. The molecule has 0 saturated heterocycles. The predicted molar refractivity (Wildman–Crippen MR) is 93.0 cm³/mol. The zero-order chi connectivity index (χ0) is 15.9. The average molecular weight is 326 g/mol. The maximum atomic E-state index is 6.37. The van der Waals surface area contributed by atoms with Crippen molar-refractivity contribution < 1.29 is 4.74 Å². The molecule has 2 rings (SSSR count). The Morgan fingerprint density at radius 2 is 1.91 bits per heavy atom. The van der Waals surface area contributed by atoms with Crippen LogP contribution < -0.4 is 16.8 Å². The summed E-state index contributed by atoms with van der Waals surface area (Å²) in [7, 11) is 1.67. The van der Waals surface area contributed by atoms with E-state index in [0.717, 1.165) is 12.1 Å². The molecule has 0 aromatic heterocycles. The van der Waals surface area contributed by atoms with Crippen molar-refractivity contribution in [1.29, 1.82) is 0 Å². The maximum Gasteiger partial charge on any atom is 0.105 e. The number of rotatable bonds is 7. The topological polar surface area (TPSA) is 73.3 Å². The highest BCUT2D eigenvalue weighted by Gasteiger charge is 2.27. The molecule has 0 spiro atoms. The summed E-state index contributed by atoms with van der Waals surface area (Å²) in [6.07, 6.45) is 6.89. The first-order chi connectivity index (χ1) is 10.6. The van der Waals surface area contributed by atoms with Crippen LogP contribution in [0.4, 0.5) is 5.69 Å². The van der Waals surface area contributed by atoms with Gasteiger partial charge in [0.05, 0.1) is 10.7 Å². The number of hydrogen-bond acceptors (Lipinski definition) is 4. The van der Waals surface area contributed by atoms with Crippen molar-refractivity contribution >= 4 is 17.3 Å². The molecule has 1 aliphatic carbocycles. The molecule has 5 N–H and O–H groups in total. The maximum absolute atomic E-state index is 6.37. The van der Waals surface area contributed by atoms with Crippen LogP contribution >= 0.6 is 11.6 Å². The van der Waals surface area contributed by atoms with Gasteiger partial charge in [-0.3, -0.25) is 0 Å². The summed E-state index contributed by atoms with van der Waals surface area (Å²) in [5.41, 5.74) is 13.4. The molecule has 3 atom stereocenters. The number of ether oxygens (including phenoxy) is 1. The molecule has 1 saturated carbocycles. The van der Waals surface area contributed by atoms with Gasteiger partial charge in [0.1, 0.15) is 12.3 Å². The van der Waals surface area contributed by atoms with Gasteiger partial charge in [0.2, 0.25) is 0 Å². The zero-order valence-corrected chi connectivity index (χ0v) is 14.1. The molecule has 0 aliphatic heterocycles. The van der Waals surface area contributed by atoms with Crippen molar-refractivity contribution in [2.24, 2.45) is 17.4 Å². The first kappa shape index (κ1) is 17.5. The van der Waals surface area contributed by atoms with E-state index in [-0.39, 0.29) is 18.3 Å². The molecule has 22 heavy (non-hydrogen) atoms. The van der Waals surface area contributed by atoms with Crippen LogP contribution in [-0.4, -0.2) is 25.4 Å². The minimum atomic E-state index is -0.386. The third kappa shape index (κ3) is 4.85. The van der Waals surface area contributed by atoms with Crippen LogP contribution in [0.5, 0.6) is 0 Å². The van der Waals surface area contributed by atoms with Crippen molar-refractivity contribution in [1.82, 2.24) is 0 Å². The Bertz CT molecular complexity index is 451. The number of para-hydroxylation sites is 1. The second-order valence-corrected chi connectivity index (χ2v) is 6.66. The van der Waals surface area contributed by atoms with Gasteiger partial charge in [0.15, 0.2) is 0 Å². The van der Waals surface area contributed by atoms with E-state index in [1.54, 1.807) is 7.11 Å². The van der Waals surface area contributed by atoms with Gasteiger partial charge in [-0.25, -0.2) is 0 Å². The highest BCUT2D eigenvalue weighted by Crippen LogP contribution is 2.28. The van der Waals surface area contributed by atoms with Gasteiger partial charge in [-0.1, -0.05) is 55.8 Å². The van der Waals surface area contributed by atoms with Crippen LogP contribution in [0, 0.1) is 5.92 Å². The number of hydrogen-bond donors (Lipinski definition) is 3. The third-order valence-electron chi connectivity index (χ3n) is 4.57. The fraction of sp³-hybridized carbons (Fsp3) is 0.647. The molecule has 1 aliphatic rings. The molecule has 0 bridgehead atoms. The quantitative estimate of drug-likeness (QED) is 0.672. The molecular formula is C17H28ClN3O. The van der Waals surface area contributed by atoms with Gasteiger partial charge in [-0.2, -0.15) is 0 Å². The lowest BCUT2D eigenvalue weighted by atomic mass is 9.83. The summed E-state index contributed by atoms with van der Waals surface area (Å²) in [4.78, 5) is 0. The van der Waals surface area contributed by atoms with Gasteiger partial charge >= 0.3 is 0 Å². The van der Waals surface area contributed by atoms with Gasteiger partial charge in [0.25, 0.3) is 0 Å². The summed E-state index contributed by atoms with van der Waals surface area (Å²) in [6.45, 7) is 0. The smallest absolute Gasteiger partial charge is 0.105 e. The van der Waals surface area contributed by atoms with Gasteiger partial charge in [-0.05, 0) is 24.5 Å². The Kier molecular flexibility index (Phi) is 6.96. The third-order valence-corrected chi connectivity index (χ3v) is 4.90. The minimum absolute atomic E-state index is 0.0712. The summed E-state index contributed by atoms with van der Waals surface area (Å²) in [6, 6.07) is 7.48.